The van der Waals surface area contributed by atoms with Crippen LogP contribution in [-0.4, -0.2) is 50.5 Å². The molecule has 1 saturated heterocycles. The molecule has 3 N–H and O–H groups in total. The molecular weight excluding hydrogens is 545 g/mol. The van der Waals surface area contributed by atoms with Gasteiger partial charge in [0, 0.05) is 42.3 Å². The zero-order valence-electron chi connectivity index (χ0n) is 20.3. The Bertz CT molecular complexity index is 1760. The number of anilines is 1. The number of nitrogens with one attached hydrogen (secondary N) is 1. The van der Waals surface area contributed by atoms with E-state index >= 15 is 0 Å². The molecule has 4 heterocycles. The topological polar surface area (TPSA) is 123 Å². The number of aryl methyl sites for hydroxylation is 1. The summed E-state index contributed by atoms with van der Waals surface area (Å²) >= 11 is 12.3. The summed E-state index contributed by atoms with van der Waals surface area (Å²) < 4.78 is 29.7. The summed E-state index contributed by atoms with van der Waals surface area (Å²) in [4.78, 5) is 12.0. The van der Waals surface area contributed by atoms with Gasteiger partial charge in [-0.25, -0.2) is 23.1 Å². The Balaban J connectivity index is 1.19. The largest absolute Gasteiger partial charge is 0.383 e. The van der Waals surface area contributed by atoms with E-state index in [4.69, 9.17) is 34.0 Å². The minimum absolute atomic E-state index is 0.0516. The fraction of sp³-hybridized carbons (Fsp3) is 0.269. The highest BCUT2D eigenvalue weighted by atomic mass is 35.5. The summed E-state index contributed by atoms with van der Waals surface area (Å²) in [6, 6.07) is 12.8. The molecule has 5 aromatic rings. The number of aromatic nitrogens is 5. The Labute approximate surface area is 229 Å². The molecule has 1 aliphatic rings. The van der Waals surface area contributed by atoms with Gasteiger partial charge in [0.15, 0.2) is 5.65 Å². The first-order valence-electron chi connectivity index (χ1n) is 12.3. The van der Waals surface area contributed by atoms with Gasteiger partial charge in [-0.3, -0.25) is 0 Å². The number of sulfonamides is 1. The lowest BCUT2D eigenvalue weighted by Gasteiger charge is -2.31. The lowest BCUT2D eigenvalue weighted by Crippen LogP contribution is -2.38. The molecule has 0 radical (unpaired) electrons. The Morgan fingerprint density at radius 1 is 1.08 bits per heavy atom. The van der Waals surface area contributed by atoms with Crippen LogP contribution >= 0.6 is 23.2 Å². The van der Waals surface area contributed by atoms with Crippen LogP contribution in [0.4, 0.5) is 5.82 Å². The van der Waals surface area contributed by atoms with Crippen molar-refractivity contribution in [3.8, 4) is 11.3 Å². The van der Waals surface area contributed by atoms with Crippen LogP contribution in [0.2, 0.25) is 10.0 Å². The van der Waals surface area contributed by atoms with Crippen molar-refractivity contribution in [2.45, 2.75) is 30.7 Å². The summed E-state index contributed by atoms with van der Waals surface area (Å²) in [6.07, 6.45) is 5.68. The molecule has 3 aromatic heterocycles. The van der Waals surface area contributed by atoms with Gasteiger partial charge < -0.3 is 10.7 Å². The molecular formula is C26H25Cl2N7O2S. The third-order valence-corrected chi connectivity index (χ3v) is 10.1. The van der Waals surface area contributed by atoms with Crippen LogP contribution in [-0.2, 0) is 16.6 Å². The number of halogens is 2. The smallest absolute Gasteiger partial charge is 0.244 e. The maximum Gasteiger partial charge on any atom is 0.244 e. The predicted octanol–water partition coefficient (Wildman–Crippen LogP) is 5.35. The molecule has 0 aliphatic carbocycles. The van der Waals surface area contributed by atoms with Crippen molar-refractivity contribution in [2.75, 3.05) is 18.8 Å². The normalized spacial score (nSPS) is 15.5. The standard InChI is InChI=1S/C26H25Cl2N7O2S/c27-19-2-1-3-21(23(19)28)38(36,37)34-11-7-16(8-12-34)9-13-35-26-22(25(29)31-15-32-26)24(33-35)18-4-5-20-17(14-18)6-10-30-20/h1-6,10,14-16,30H,7-9,11-13H2,(H2,29,31,32). The van der Waals surface area contributed by atoms with Crippen molar-refractivity contribution in [1.29, 1.82) is 0 Å². The molecule has 0 amide bonds. The third kappa shape index (κ3) is 4.41. The molecule has 1 aliphatic heterocycles. The number of hydrogen-bond donors (Lipinski definition) is 2. The second-order valence-electron chi connectivity index (χ2n) is 9.50. The highest BCUT2D eigenvalue weighted by Gasteiger charge is 2.31. The van der Waals surface area contributed by atoms with E-state index in [1.54, 1.807) is 12.1 Å². The summed E-state index contributed by atoms with van der Waals surface area (Å²) in [5, 5.41) is 7.01. The Hall–Kier alpha value is -3.18. The number of nitrogens with zero attached hydrogens (tertiary/aromatic N) is 5. The van der Waals surface area contributed by atoms with Gasteiger partial charge in [0.25, 0.3) is 0 Å². The van der Waals surface area contributed by atoms with Crippen molar-refractivity contribution >= 4 is 61.0 Å². The van der Waals surface area contributed by atoms with Crippen LogP contribution < -0.4 is 5.73 Å². The van der Waals surface area contributed by atoms with Gasteiger partial charge >= 0.3 is 0 Å². The summed E-state index contributed by atoms with van der Waals surface area (Å²) in [5.41, 5.74) is 9.71. The molecule has 196 valence electrons. The van der Waals surface area contributed by atoms with Gasteiger partial charge in [-0.05, 0) is 55.5 Å². The number of nitrogens with two attached hydrogens (primary N) is 1. The van der Waals surface area contributed by atoms with E-state index in [-0.39, 0.29) is 14.9 Å². The number of benzene rings is 2. The van der Waals surface area contributed by atoms with Crippen molar-refractivity contribution in [3.63, 3.8) is 0 Å². The van der Waals surface area contributed by atoms with E-state index in [0.717, 1.165) is 46.8 Å². The highest BCUT2D eigenvalue weighted by molar-refractivity contribution is 7.89. The summed E-state index contributed by atoms with van der Waals surface area (Å²) in [6.45, 7) is 1.48. The van der Waals surface area contributed by atoms with E-state index in [2.05, 4.69) is 21.0 Å². The molecule has 12 heteroatoms. The number of piperidine rings is 1. The zero-order valence-corrected chi connectivity index (χ0v) is 22.6. The van der Waals surface area contributed by atoms with Gasteiger partial charge in [-0.15, -0.1) is 0 Å². The zero-order chi connectivity index (χ0) is 26.4. The molecule has 0 bridgehead atoms. The van der Waals surface area contributed by atoms with Crippen LogP contribution in [0.3, 0.4) is 0 Å². The average Bonchev–Trinajstić information content (AvgIpc) is 3.54. The molecule has 2 aromatic carbocycles. The van der Waals surface area contributed by atoms with Crippen molar-refractivity contribution < 1.29 is 8.42 Å². The Morgan fingerprint density at radius 2 is 1.89 bits per heavy atom. The summed E-state index contributed by atoms with van der Waals surface area (Å²) in [5.74, 6) is 0.734. The minimum Gasteiger partial charge on any atom is -0.383 e. The lowest BCUT2D eigenvalue weighted by molar-refractivity contribution is 0.255. The Kier molecular flexibility index (Phi) is 6.51. The predicted molar refractivity (Wildman–Crippen MR) is 150 cm³/mol. The number of H-pyrrole nitrogens is 1. The van der Waals surface area contributed by atoms with Gasteiger partial charge in [-0.1, -0.05) is 35.3 Å². The fourth-order valence-electron chi connectivity index (χ4n) is 5.15. The van der Waals surface area contributed by atoms with E-state index in [1.807, 2.05) is 29.1 Å². The molecule has 0 atom stereocenters. The lowest BCUT2D eigenvalue weighted by atomic mass is 9.95. The van der Waals surface area contributed by atoms with E-state index in [1.165, 1.54) is 16.7 Å². The first-order chi connectivity index (χ1) is 18.3. The fourth-order valence-corrected chi connectivity index (χ4v) is 7.36. The summed E-state index contributed by atoms with van der Waals surface area (Å²) in [7, 11) is -3.71. The minimum atomic E-state index is -3.71. The molecule has 9 nitrogen and oxygen atoms in total. The van der Waals surface area contributed by atoms with E-state index in [0.29, 0.717) is 37.0 Å². The van der Waals surface area contributed by atoms with Gasteiger partial charge in [0.05, 0.1) is 15.4 Å². The van der Waals surface area contributed by atoms with Crippen LogP contribution in [0.15, 0.2) is 59.9 Å². The number of nitrogen functional groups attached to an aromatic ring is 1. The maximum absolute atomic E-state index is 13.2. The molecule has 0 unspecified atom stereocenters. The monoisotopic (exact) mass is 569 g/mol. The SMILES string of the molecule is Nc1ncnc2c1c(-c1ccc3[nH]ccc3c1)nn2CCC1CCN(S(=O)(=O)c2cccc(Cl)c2Cl)CC1. The second kappa shape index (κ2) is 9.85. The molecule has 38 heavy (non-hydrogen) atoms. The van der Waals surface area contributed by atoms with Crippen molar-refractivity contribution in [1.82, 2.24) is 29.0 Å². The van der Waals surface area contributed by atoms with Crippen LogP contribution in [0.5, 0.6) is 0 Å². The van der Waals surface area contributed by atoms with Crippen LogP contribution in [0.25, 0.3) is 33.2 Å². The van der Waals surface area contributed by atoms with Crippen molar-refractivity contribution in [2.24, 2.45) is 5.92 Å². The first-order valence-corrected chi connectivity index (χ1v) is 14.5. The molecule has 1 fully saturated rings. The first kappa shape index (κ1) is 25.1. The third-order valence-electron chi connectivity index (χ3n) is 7.24. The Morgan fingerprint density at radius 3 is 2.71 bits per heavy atom. The average molecular weight is 571 g/mol. The molecule has 6 rings (SSSR count). The van der Waals surface area contributed by atoms with Gasteiger partial charge in [0.1, 0.15) is 22.7 Å². The number of fused-ring (bicyclic) bond motifs is 2. The maximum atomic E-state index is 13.2. The number of rotatable bonds is 6. The number of aromatic amines is 1. The van der Waals surface area contributed by atoms with Crippen molar-refractivity contribution in [3.05, 3.63) is 65.0 Å². The van der Waals surface area contributed by atoms with Gasteiger partial charge in [0.2, 0.25) is 10.0 Å². The van der Waals surface area contributed by atoms with Crippen LogP contribution in [0, 0.1) is 5.92 Å². The van der Waals surface area contributed by atoms with Crippen LogP contribution in [0.1, 0.15) is 19.3 Å². The van der Waals surface area contributed by atoms with E-state index < -0.39 is 10.0 Å². The number of hydrogen-bond acceptors (Lipinski definition) is 6. The van der Waals surface area contributed by atoms with E-state index in [9.17, 15) is 8.42 Å². The molecule has 0 spiro atoms. The highest BCUT2D eigenvalue weighted by Crippen LogP contribution is 2.35. The second-order valence-corrected chi connectivity index (χ2v) is 12.2. The molecule has 0 saturated carbocycles. The quantitative estimate of drug-likeness (QED) is 0.284. The van der Waals surface area contributed by atoms with Gasteiger partial charge in [-0.2, -0.15) is 9.40 Å².